The summed E-state index contributed by atoms with van der Waals surface area (Å²) in [6.07, 6.45) is 0. The molecule has 0 radical (unpaired) electrons. The van der Waals surface area contributed by atoms with Crippen LogP contribution in [0.1, 0.15) is 11.1 Å². The third-order valence-electron chi connectivity index (χ3n) is 4.29. The summed E-state index contributed by atoms with van der Waals surface area (Å²) in [5, 5.41) is 8.40. The van der Waals surface area contributed by atoms with Crippen LogP contribution in [0.5, 0.6) is 5.75 Å². The fraction of sp³-hybridized carbons (Fsp3) is 0.0952. The van der Waals surface area contributed by atoms with E-state index in [1.807, 2.05) is 47.4 Å². The first-order chi connectivity index (χ1) is 11.8. The first-order valence-corrected chi connectivity index (χ1v) is 8.04. The van der Waals surface area contributed by atoms with E-state index < -0.39 is 0 Å². The Morgan fingerprint density at radius 1 is 0.708 bits per heavy atom. The lowest BCUT2D eigenvalue weighted by molar-refractivity contribution is 0.324. The summed E-state index contributed by atoms with van der Waals surface area (Å²) in [4.78, 5) is 1.97. The molecule has 24 heavy (non-hydrogen) atoms. The van der Waals surface area contributed by atoms with Gasteiger partial charge >= 0.3 is 0 Å². The van der Waals surface area contributed by atoms with Crippen LogP contribution in [0.15, 0.2) is 78.9 Å². The van der Waals surface area contributed by atoms with Crippen molar-refractivity contribution < 1.29 is 4.74 Å². The molecule has 3 aromatic rings. The average Bonchev–Trinajstić information content (AvgIpc) is 2.79. The number of rotatable bonds is 1. The van der Waals surface area contributed by atoms with Gasteiger partial charge in [-0.15, -0.1) is 0 Å². The molecule has 0 fully saturated rings. The van der Waals surface area contributed by atoms with Crippen LogP contribution in [-0.2, 0) is 13.1 Å². The van der Waals surface area contributed by atoms with Gasteiger partial charge in [0.1, 0.15) is 5.75 Å². The number of fused-ring (bicyclic) bond motifs is 3. The van der Waals surface area contributed by atoms with E-state index in [1.165, 1.54) is 22.3 Å². The van der Waals surface area contributed by atoms with Crippen molar-refractivity contribution in [2.75, 3.05) is 0 Å². The van der Waals surface area contributed by atoms with Crippen LogP contribution in [0.2, 0.25) is 0 Å². The van der Waals surface area contributed by atoms with Crippen LogP contribution >= 0.6 is 0 Å². The van der Waals surface area contributed by atoms with Gasteiger partial charge < -0.3 is 9.64 Å². The maximum Gasteiger partial charge on any atom is 0.290 e. The maximum absolute atomic E-state index is 8.40. The maximum atomic E-state index is 8.40. The van der Waals surface area contributed by atoms with Gasteiger partial charge in [0.05, 0.1) is 0 Å². The topological polar surface area (TPSA) is 36.3 Å². The van der Waals surface area contributed by atoms with Crippen LogP contribution in [0.25, 0.3) is 11.1 Å². The number of hydrogen-bond acceptors (Lipinski definition) is 2. The smallest absolute Gasteiger partial charge is 0.290 e. The van der Waals surface area contributed by atoms with Gasteiger partial charge in [-0.2, -0.15) is 0 Å². The predicted octanol–water partition coefficient (Wildman–Crippen LogP) is 4.68. The van der Waals surface area contributed by atoms with E-state index in [0.29, 0.717) is 18.8 Å². The molecule has 0 bridgehead atoms. The normalized spacial score (nSPS) is 12.8. The van der Waals surface area contributed by atoms with Crippen LogP contribution in [0, 0.1) is 5.41 Å². The molecule has 3 heteroatoms. The number of nitrogens with one attached hydrogen (secondary N) is 1. The third-order valence-corrected chi connectivity index (χ3v) is 4.29. The third kappa shape index (κ3) is 2.76. The van der Waals surface area contributed by atoms with E-state index in [4.69, 9.17) is 10.1 Å². The van der Waals surface area contributed by atoms with E-state index in [0.717, 1.165) is 0 Å². The van der Waals surface area contributed by atoms with Crippen molar-refractivity contribution in [3.63, 3.8) is 0 Å². The minimum Gasteiger partial charge on any atom is -0.426 e. The molecule has 0 aromatic heterocycles. The molecule has 0 amide bonds. The second kappa shape index (κ2) is 6.20. The summed E-state index contributed by atoms with van der Waals surface area (Å²) in [6.45, 7) is 1.33. The highest BCUT2D eigenvalue weighted by Crippen LogP contribution is 2.32. The molecule has 0 saturated heterocycles. The number of ether oxygens (including phenoxy) is 1. The highest BCUT2D eigenvalue weighted by atomic mass is 16.5. The summed E-state index contributed by atoms with van der Waals surface area (Å²) < 4.78 is 5.75. The van der Waals surface area contributed by atoms with E-state index >= 15 is 0 Å². The Labute approximate surface area is 141 Å². The Bertz CT molecular complexity index is 826. The summed E-state index contributed by atoms with van der Waals surface area (Å²) >= 11 is 0. The van der Waals surface area contributed by atoms with Gasteiger partial charge in [0.2, 0.25) is 0 Å². The molecule has 0 spiro atoms. The Kier molecular flexibility index (Phi) is 3.75. The number of hydrogen-bond donors (Lipinski definition) is 1. The predicted molar refractivity (Wildman–Crippen MR) is 95.9 cm³/mol. The second-order valence-electron chi connectivity index (χ2n) is 5.89. The average molecular weight is 314 g/mol. The van der Waals surface area contributed by atoms with Crippen molar-refractivity contribution >= 4 is 6.02 Å². The molecule has 0 aliphatic carbocycles. The quantitative estimate of drug-likeness (QED) is 0.523. The molecule has 1 N–H and O–H groups in total. The molecule has 4 rings (SSSR count). The number of nitrogens with zero attached hydrogens (tertiary/aromatic N) is 1. The molecular weight excluding hydrogens is 296 g/mol. The van der Waals surface area contributed by atoms with Crippen molar-refractivity contribution in [1.82, 2.24) is 4.90 Å². The van der Waals surface area contributed by atoms with E-state index in [9.17, 15) is 0 Å². The Hall–Kier alpha value is -3.07. The lowest BCUT2D eigenvalue weighted by Gasteiger charge is -2.23. The molecule has 1 aliphatic heterocycles. The molecule has 3 aromatic carbocycles. The molecule has 0 unspecified atom stereocenters. The standard InChI is InChI=1S/C21H18N2O/c22-21(24-18-10-2-1-3-11-18)23-14-16-8-4-6-12-19(16)20-13-7-5-9-17(20)15-23/h1-13,22H,14-15H2. The van der Waals surface area contributed by atoms with E-state index in [-0.39, 0.29) is 6.02 Å². The van der Waals surface area contributed by atoms with Crippen molar-refractivity contribution in [2.24, 2.45) is 0 Å². The monoisotopic (exact) mass is 314 g/mol. The molecule has 0 atom stereocenters. The van der Waals surface area contributed by atoms with Crippen molar-refractivity contribution in [3.05, 3.63) is 90.0 Å². The summed E-state index contributed by atoms with van der Waals surface area (Å²) in [5.74, 6) is 0.688. The zero-order valence-electron chi connectivity index (χ0n) is 13.3. The van der Waals surface area contributed by atoms with Crippen LogP contribution in [-0.4, -0.2) is 10.9 Å². The van der Waals surface area contributed by atoms with Crippen molar-refractivity contribution in [1.29, 1.82) is 5.41 Å². The Morgan fingerprint density at radius 2 is 1.21 bits per heavy atom. The van der Waals surface area contributed by atoms with E-state index in [2.05, 4.69) is 36.4 Å². The SMILES string of the molecule is N=C(Oc1ccccc1)N1Cc2ccccc2-c2ccccc2C1. The Morgan fingerprint density at radius 3 is 1.79 bits per heavy atom. The lowest BCUT2D eigenvalue weighted by atomic mass is 9.97. The fourth-order valence-corrected chi connectivity index (χ4v) is 3.12. The molecule has 3 nitrogen and oxygen atoms in total. The lowest BCUT2D eigenvalue weighted by Crippen LogP contribution is -2.32. The summed E-state index contributed by atoms with van der Waals surface area (Å²) in [5.41, 5.74) is 4.90. The van der Waals surface area contributed by atoms with Gasteiger partial charge in [-0.3, -0.25) is 5.41 Å². The number of benzene rings is 3. The van der Waals surface area contributed by atoms with Gasteiger partial charge in [0.15, 0.2) is 0 Å². The van der Waals surface area contributed by atoms with Gasteiger partial charge in [-0.05, 0) is 34.4 Å². The highest BCUT2D eigenvalue weighted by molar-refractivity contribution is 5.77. The minimum atomic E-state index is 0.174. The second-order valence-corrected chi connectivity index (χ2v) is 5.89. The summed E-state index contributed by atoms with van der Waals surface area (Å²) in [6, 6.07) is 26.5. The van der Waals surface area contributed by atoms with Gasteiger partial charge in [-0.1, -0.05) is 66.7 Å². The zero-order valence-corrected chi connectivity index (χ0v) is 13.3. The van der Waals surface area contributed by atoms with Gasteiger partial charge in [-0.25, -0.2) is 0 Å². The first kappa shape index (κ1) is 14.5. The largest absolute Gasteiger partial charge is 0.426 e. The van der Waals surface area contributed by atoms with Crippen molar-refractivity contribution in [3.8, 4) is 16.9 Å². The first-order valence-electron chi connectivity index (χ1n) is 8.04. The fourth-order valence-electron chi connectivity index (χ4n) is 3.12. The van der Waals surface area contributed by atoms with Gasteiger partial charge in [0.25, 0.3) is 6.02 Å². The molecule has 0 saturated carbocycles. The Balaban J connectivity index is 1.68. The van der Waals surface area contributed by atoms with Crippen LogP contribution in [0.4, 0.5) is 0 Å². The van der Waals surface area contributed by atoms with Crippen molar-refractivity contribution in [2.45, 2.75) is 13.1 Å². The molecule has 1 heterocycles. The number of para-hydroxylation sites is 1. The minimum absolute atomic E-state index is 0.174. The van der Waals surface area contributed by atoms with Crippen LogP contribution < -0.4 is 4.74 Å². The van der Waals surface area contributed by atoms with Gasteiger partial charge in [0, 0.05) is 13.1 Å². The zero-order chi connectivity index (χ0) is 16.4. The molecular formula is C21H18N2O. The summed E-state index contributed by atoms with van der Waals surface area (Å²) in [7, 11) is 0. The number of amidine groups is 1. The molecule has 1 aliphatic rings. The van der Waals surface area contributed by atoms with E-state index in [1.54, 1.807) is 0 Å². The highest BCUT2D eigenvalue weighted by Gasteiger charge is 2.21. The van der Waals surface area contributed by atoms with Crippen LogP contribution in [0.3, 0.4) is 0 Å². The molecule has 118 valence electrons.